The van der Waals surface area contributed by atoms with Gasteiger partial charge in [0.05, 0.1) is 12.7 Å². The van der Waals surface area contributed by atoms with Gasteiger partial charge in [-0.1, -0.05) is 58.2 Å². The molecule has 0 saturated heterocycles. The predicted molar refractivity (Wildman–Crippen MR) is 123 cm³/mol. The number of benzene rings is 1. The fraction of sp³-hybridized carbons (Fsp3) is 0.731. The van der Waals surface area contributed by atoms with Gasteiger partial charge in [0.1, 0.15) is 0 Å². The highest BCUT2D eigenvalue weighted by Crippen LogP contribution is 2.66. The van der Waals surface area contributed by atoms with Gasteiger partial charge in [-0.3, -0.25) is 0 Å². The van der Waals surface area contributed by atoms with Crippen molar-refractivity contribution in [3.8, 4) is 0 Å². The molecule has 3 atom stereocenters. The van der Waals surface area contributed by atoms with Gasteiger partial charge in [0, 0.05) is 18.3 Å². The summed E-state index contributed by atoms with van der Waals surface area (Å²) in [6, 6.07) is 8.38. The highest BCUT2D eigenvalue weighted by Gasteiger charge is 2.61. The van der Waals surface area contributed by atoms with Crippen LogP contribution in [0.1, 0.15) is 77.7 Å². The van der Waals surface area contributed by atoms with Crippen molar-refractivity contribution in [1.29, 1.82) is 0 Å². The van der Waals surface area contributed by atoms with Gasteiger partial charge < -0.3 is 15.0 Å². The topological polar surface area (TPSA) is 41.6 Å². The molecule has 0 aromatic heterocycles. The smallest absolute Gasteiger partial charge is 0.322 e. The number of nitrogens with zero attached hydrogens (tertiary/aromatic N) is 1. The van der Waals surface area contributed by atoms with Gasteiger partial charge in [0.25, 0.3) is 0 Å². The number of hydrogen-bond acceptors (Lipinski definition) is 2. The second kappa shape index (κ2) is 8.53. The summed E-state index contributed by atoms with van der Waals surface area (Å²) in [6.07, 6.45) is 10.1. The summed E-state index contributed by atoms with van der Waals surface area (Å²) in [4.78, 5) is 15.3. The molecule has 2 bridgehead atoms. The zero-order valence-corrected chi connectivity index (χ0v) is 19.4. The molecule has 1 N–H and O–H groups in total. The van der Waals surface area contributed by atoms with Crippen molar-refractivity contribution in [3.05, 3.63) is 29.8 Å². The van der Waals surface area contributed by atoms with Crippen LogP contribution in [0.3, 0.4) is 0 Å². The minimum absolute atomic E-state index is 0.0271. The Labute approximate surface area is 182 Å². The largest absolute Gasteiger partial charge is 0.376 e. The zero-order chi connectivity index (χ0) is 21.4. The van der Waals surface area contributed by atoms with Crippen LogP contribution in [0.4, 0.5) is 10.5 Å². The van der Waals surface area contributed by atoms with Crippen molar-refractivity contribution in [3.63, 3.8) is 0 Å². The summed E-state index contributed by atoms with van der Waals surface area (Å²) in [5.41, 5.74) is 2.65. The maximum absolute atomic E-state index is 13.2. The van der Waals surface area contributed by atoms with Crippen LogP contribution in [0, 0.1) is 23.7 Å². The standard InChI is InChI=1S/C26H40N2O2/c1-19-10-8-9-13-22(19)27-24(29)28(21-11-6-5-7-12-21)16-17-30-23-18-20-14-15-26(23,4)25(20,2)3/h8-10,13,20-21,23H,5-7,11-12,14-18H2,1-4H3,(H,27,29)/t20-,23+,26-/m0/s1. The summed E-state index contributed by atoms with van der Waals surface area (Å²) in [7, 11) is 0. The Hall–Kier alpha value is -1.55. The second-order valence-electron chi connectivity index (χ2n) is 10.7. The van der Waals surface area contributed by atoms with Crippen LogP contribution in [0.15, 0.2) is 24.3 Å². The van der Waals surface area contributed by atoms with Crippen LogP contribution in [0.2, 0.25) is 0 Å². The fourth-order valence-corrected chi connectivity index (χ4v) is 6.42. The van der Waals surface area contributed by atoms with E-state index >= 15 is 0 Å². The first-order chi connectivity index (χ1) is 14.3. The Kier molecular flexibility index (Phi) is 6.16. The monoisotopic (exact) mass is 412 g/mol. The molecule has 3 fully saturated rings. The number of carbonyl (C=O) groups excluding carboxylic acids is 1. The van der Waals surface area contributed by atoms with E-state index in [1.165, 1.54) is 38.5 Å². The van der Waals surface area contributed by atoms with Crippen LogP contribution in [-0.4, -0.2) is 36.2 Å². The number of amides is 2. The van der Waals surface area contributed by atoms with Crippen molar-refractivity contribution >= 4 is 11.7 Å². The van der Waals surface area contributed by atoms with E-state index in [9.17, 15) is 4.79 Å². The Morgan fingerprint density at radius 1 is 1.13 bits per heavy atom. The van der Waals surface area contributed by atoms with E-state index in [4.69, 9.17) is 4.74 Å². The Balaban J connectivity index is 1.39. The lowest BCUT2D eigenvalue weighted by Gasteiger charge is -2.39. The predicted octanol–water partition coefficient (Wildman–Crippen LogP) is 6.39. The van der Waals surface area contributed by atoms with Crippen LogP contribution in [0.25, 0.3) is 0 Å². The molecule has 0 spiro atoms. The number of fused-ring (bicyclic) bond motifs is 2. The van der Waals surface area contributed by atoms with Crippen molar-refractivity contribution in [2.75, 3.05) is 18.5 Å². The minimum Gasteiger partial charge on any atom is -0.376 e. The number of ether oxygens (including phenoxy) is 1. The summed E-state index contributed by atoms with van der Waals surface area (Å²) >= 11 is 0. The number of rotatable bonds is 6. The fourth-order valence-electron chi connectivity index (χ4n) is 6.42. The quantitative estimate of drug-likeness (QED) is 0.588. The minimum atomic E-state index is 0.0271. The van der Waals surface area contributed by atoms with Crippen LogP contribution in [-0.2, 0) is 4.74 Å². The van der Waals surface area contributed by atoms with Gasteiger partial charge in [-0.05, 0) is 67.4 Å². The first kappa shape index (κ1) is 21.7. The second-order valence-corrected chi connectivity index (χ2v) is 10.7. The lowest BCUT2D eigenvalue weighted by molar-refractivity contribution is -0.0517. The van der Waals surface area contributed by atoms with Gasteiger partial charge in [-0.2, -0.15) is 0 Å². The molecule has 4 rings (SSSR count). The number of carbonyl (C=O) groups is 1. The third-order valence-corrected chi connectivity index (χ3v) is 9.03. The molecule has 3 aliphatic carbocycles. The van der Waals surface area contributed by atoms with Crippen LogP contribution >= 0.6 is 0 Å². The molecule has 0 radical (unpaired) electrons. The molecular weight excluding hydrogens is 372 g/mol. The van der Waals surface area contributed by atoms with Crippen LogP contribution in [0.5, 0.6) is 0 Å². The number of hydrogen-bond donors (Lipinski definition) is 1. The molecule has 4 nitrogen and oxygen atoms in total. The molecular formula is C26H40N2O2. The zero-order valence-electron chi connectivity index (χ0n) is 19.4. The SMILES string of the molecule is Cc1ccccc1NC(=O)N(CCO[C@@H]1C[C@@H]2CC[C@]1(C)C2(C)C)C1CCCCC1. The van der Waals surface area contributed by atoms with E-state index in [0.29, 0.717) is 30.7 Å². The molecule has 2 amide bonds. The average molecular weight is 413 g/mol. The molecule has 0 aliphatic heterocycles. The molecule has 0 heterocycles. The van der Waals surface area contributed by atoms with E-state index in [0.717, 1.165) is 30.0 Å². The van der Waals surface area contributed by atoms with Crippen molar-refractivity contribution in [2.24, 2.45) is 16.7 Å². The Morgan fingerprint density at radius 3 is 2.50 bits per heavy atom. The van der Waals surface area contributed by atoms with Crippen LogP contribution < -0.4 is 5.32 Å². The third-order valence-electron chi connectivity index (χ3n) is 9.03. The number of para-hydroxylation sites is 1. The van der Waals surface area contributed by atoms with Gasteiger partial charge in [0.15, 0.2) is 0 Å². The molecule has 1 aromatic carbocycles. The summed E-state index contributed by atoms with van der Waals surface area (Å²) < 4.78 is 6.50. The Bertz CT molecular complexity index is 755. The molecule has 3 saturated carbocycles. The highest BCUT2D eigenvalue weighted by atomic mass is 16.5. The van der Waals surface area contributed by atoms with Gasteiger partial charge in [0.2, 0.25) is 0 Å². The third kappa shape index (κ3) is 3.88. The summed E-state index contributed by atoms with van der Waals surface area (Å²) in [5, 5.41) is 3.17. The van der Waals surface area contributed by atoms with Gasteiger partial charge >= 0.3 is 6.03 Å². The molecule has 1 aromatic rings. The number of anilines is 1. The molecule has 166 valence electrons. The first-order valence-electron chi connectivity index (χ1n) is 12.1. The summed E-state index contributed by atoms with van der Waals surface area (Å²) in [5.74, 6) is 0.784. The number of urea groups is 1. The molecule has 4 heteroatoms. The summed E-state index contributed by atoms with van der Waals surface area (Å²) in [6.45, 7) is 10.6. The lowest BCUT2D eigenvalue weighted by Crippen LogP contribution is -2.46. The molecule has 30 heavy (non-hydrogen) atoms. The van der Waals surface area contributed by atoms with E-state index in [1.54, 1.807) is 0 Å². The number of aryl methyl sites for hydroxylation is 1. The normalized spacial score (nSPS) is 30.4. The van der Waals surface area contributed by atoms with E-state index < -0.39 is 0 Å². The molecule has 3 aliphatic rings. The maximum Gasteiger partial charge on any atom is 0.322 e. The lowest BCUT2D eigenvalue weighted by atomic mass is 9.70. The number of nitrogens with one attached hydrogen (secondary N) is 1. The van der Waals surface area contributed by atoms with E-state index in [2.05, 4.69) is 31.0 Å². The van der Waals surface area contributed by atoms with Crippen molar-refractivity contribution in [1.82, 2.24) is 4.90 Å². The average Bonchev–Trinajstić information content (AvgIpc) is 3.07. The molecule has 0 unspecified atom stereocenters. The maximum atomic E-state index is 13.2. The van der Waals surface area contributed by atoms with E-state index in [-0.39, 0.29) is 11.4 Å². The van der Waals surface area contributed by atoms with Crippen molar-refractivity contribution in [2.45, 2.75) is 91.2 Å². The van der Waals surface area contributed by atoms with Gasteiger partial charge in [-0.25, -0.2) is 4.79 Å². The Morgan fingerprint density at radius 2 is 1.87 bits per heavy atom. The first-order valence-corrected chi connectivity index (χ1v) is 12.1. The van der Waals surface area contributed by atoms with E-state index in [1.807, 2.05) is 31.2 Å². The van der Waals surface area contributed by atoms with Crippen molar-refractivity contribution < 1.29 is 9.53 Å². The highest BCUT2D eigenvalue weighted by molar-refractivity contribution is 5.90. The van der Waals surface area contributed by atoms with Gasteiger partial charge in [-0.15, -0.1) is 0 Å².